The summed E-state index contributed by atoms with van der Waals surface area (Å²) in [6.45, 7) is 8.18. The van der Waals surface area contributed by atoms with Crippen LogP contribution in [0.1, 0.15) is 34.1 Å². The Labute approximate surface area is 67.6 Å². The summed E-state index contributed by atoms with van der Waals surface area (Å²) in [5, 5.41) is 0.226. The molecule has 0 aromatic carbocycles. The van der Waals surface area contributed by atoms with E-state index in [0.29, 0.717) is 5.41 Å². The SMILES string of the molecule is CC(=O)SCCC(C)(C)C. The van der Waals surface area contributed by atoms with Crippen LogP contribution in [0.15, 0.2) is 0 Å². The first kappa shape index (κ1) is 10.0. The maximum absolute atomic E-state index is 10.5. The molecule has 0 aromatic heterocycles. The second-order valence-electron chi connectivity index (χ2n) is 3.65. The first-order valence-electron chi connectivity index (χ1n) is 3.55. The van der Waals surface area contributed by atoms with Crippen LogP contribution in [0.3, 0.4) is 0 Å². The molecule has 1 nitrogen and oxygen atoms in total. The minimum absolute atomic E-state index is 0.226. The molecule has 0 fully saturated rings. The highest BCUT2D eigenvalue weighted by atomic mass is 32.2. The molecule has 0 aromatic rings. The molecule has 0 aliphatic heterocycles. The predicted molar refractivity (Wildman–Crippen MR) is 47.2 cm³/mol. The van der Waals surface area contributed by atoms with E-state index in [1.54, 1.807) is 6.92 Å². The third-order valence-electron chi connectivity index (χ3n) is 1.16. The summed E-state index contributed by atoms with van der Waals surface area (Å²) >= 11 is 1.42. The Balaban J connectivity index is 3.29. The molecule has 10 heavy (non-hydrogen) atoms. The van der Waals surface area contributed by atoms with Crippen molar-refractivity contribution in [2.45, 2.75) is 34.1 Å². The van der Waals surface area contributed by atoms with Crippen LogP contribution in [0.4, 0.5) is 0 Å². The number of carbonyl (C=O) groups excluding carboxylic acids is 1. The first-order valence-corrected chi connectivity index (χ1v) is 4.54. The summed E-state index contributed by atoms with van der Waals surface area (Å²) in [7, 11) is 0. The molecule has 0 atom stereocenters. The second kappa shape index (κ2) is 4.02. The Morgan fingerprint density at radius 1 is 1.40 bits per heavy atom. The number of carbonyl (C=O) groups is 1. The summed E-state index contributed by atoms with van der Waals surface area (Å²) in [6, 6.07) is 0. The van der Waals surface area contributed by atoms with Crippen molar-refractivity contribution in [1.29, 1.82) is 0 Å². The minimum atomic E-state index is 0.226. The highest BCUT2D eigenvalue weighted by Gasteiger charge is 2.09. The number of hydrogen-bond donors (Lipinski definition) is 0. The number of rotatable bonds is 2. The third-order valence-corrected chi connectivity index (χ3v) is 1.97. The van der Waals surface area contributed by atoms with Crippen molar-refractivity contribution in [3.05, 3.63) is 0 Å². The van der Waals surface area contributed by atoms with Gasteiger partial charge in [0, 0.05) is 12.7 Å². The van der Waals surface area contributed by atoms with Gasteiger partial charge in [0.2, 0.25) is 0 Å². The van der Waals surface area contributed by atoms with Gasteiger partial charge in [-0.15, -0.1) is 0 Å². The van der Waals surface area contributed by atoms with Crippen molar-refractivity contribution in [2.24, 2.45) is 5.41 Å². The molecule has 0 saturated heterocycles. The lowest BCUT2D eigenvalue weighted by atomic mass is 9.94. The molecule has 0 spiro atoms. The zero-order valence-electron chi connectivity index (χ0n) is 7.23. The van der Waals surface area contributed by atoms with Gasteiger partial charge in [0.25, 0.3) is 0 Å². The molecular formula is C8H16OS. The molecule has 0 rings (SSSR count). The highest BCUT2D eigenvalue weighted by molar-refractivity contribution is 8.13. The molecule has 0 heterocycles. The fourth-order valence-electron chi connectivity index (χ4n) is 0.501. The average molecular weight is 160 g/mol. The number of thioether (sulfide) groups is 1. The molecular weight excluding hydrogens is 144 g/mol. The normalized spacial score (nSPS) is 11.6. The third kappa shape index (κ3) is 8.02. The molecule has 0 radical (unpaired) electrons. The molecule has 0 amide bonds. The van der Waals surface area contributed by atoms with Gasteiger partial charge < -0.3 is 0 Å². The van der Waals surface area contributed by atoms with Crippen molar-refractivity contribution < 1.29 is 4.79 Å². The van der Waals surface area contributed by atoms with Gasteiger partial charge >= 0.3 is 0 Å². The topological polar surface area (TPSA) is 17.1 Å². The fourth-order valence-corrected chi connectivity index (χ4v) is 1.50. The Bertz CT molecular complexity index is 113. The van der Waals surface area contributed by atoms with E-state index < -0.39 is 0 Å². The molecule has 0 unspecified atom stereocenters. The zero-order chi connectivity index (χ0) is 8.20. The van der Waals surface area contributed by atoms with Crippen LogP contribution in [-0.2, 0) is 4.79 Å². The van der Waals surface area contributed by atoms with E-state index in [1.807, 2.05) is 0 Å². The lowest BCUT2D eigenvalue weighted by molar-refractivity contribution is -0.109. The Morgan fingerprint density at radius 2 is 1.90 bits per heavy atom. The van der Waals surface area contributed by atoms with E-state index in [0.717, 1.165) is 12.2 Å². The zero-order valence-corrected chi connectivity index (χ0v) is 8.05. The van der Waals surface area contributed by atoms with E-state index in [1.165, 1.54) is 11.8 Å². The first-order chi connectivity index (χ1) is 4.42. The van der Waals surface area contributed by atoms with Crippen LogP contribution in [0, 0.1) is 5.41 Å². The predicted octanol–water partition coefficient (Wildman–Crippen LogP) is 2.70. The molecule has 0 N–H and O–H groups in total. The van der Waals surface area contributed by atoms with Gasteiger partial charge in [-0.05, 0) is 11.8 Å². The molecule has 0 aliphatic carbocycles. The summed E-state index contributed by atoms with van der Waals surface area (Å²) in [5.41, 5.74) is 0.364. The smallest absolute Gasteiger partial charge is 0.185 e. The summed E-state index contributed by atoms with van der Waals surface area (Å²) in [5.74, 6) is 0.957. The summed E-state index contributed by atoms with van der Waals surface area (Å²) in [6.07, 6.45) is 1.11. The second-order valence-corrected chi connectivity index (χ2v) is 4.92. The Hall–Kier alpha value is 0.0200. The van der Waals surface area contributed by atoms with Crippen molar-refractivity contribution in [1.82, 2.24) is 0 Å². The van der Waals surface area contributed by atoms with Gasteiger partial charge in [-0.2, -0.15) is 0 Å². The van der Waals surface area contributed by atoms with Crippen molar-refractivity contribution in [2.75, 3.05) is 5.75 Å². The fraction of sp³-hybridized carbons (Fsp3) is 0.875. The Kier molecular flexibility index (Phi) is 4.02. The van der Waals surface area contributed by atoms with Crippen LogP contribution in [0.5, 0.6) is 0 Å². The lowest BCUT2D eigenvalue weighted by Crippen LogP contribution is -2.06. The van der Waals surface area contributed by atoms with Crippen LogP contribution in [0.2, 0.25) is 0 Å². The summed E-state index contributed by atoms with van der Waals surface area (Å²) < 4.78 is 0. The average Bonchev–Trinajstić information content (AvgIpc) is 1.59. The van der Waals surface area contributed by atoms with Crippen LogP contribution < -0.4 is 0 Å². The standard InChI is InChI=1S/C8H16OS/c1-7(9)10-6-5-8(2,3)4/h5-6H2,1-4H3. The van der Waals surface area contributed by atoms with Crippen LogP contribution in [-0.4, -0.2) is 10.9 Å². The Morgan fingerprint density at radius 3 is 2.20 bits per heavy atom. The largest absolute Gasteiger partial charge is 0.288 e. The summed E-state index contributed by atoms with van der Waals surface area (Å²) in [4.78, 5) is 10.5. The van der Waals surface area contributed by atoms with Crippen molar-refractivity contribution in [3.8, 4) is 0 Å². The minimum Gasteiger partial charge on any atom is -0.288 e. The number of hydrogen-bond acceptors (Lipinski definition) is 2. The monoisotopic (exact) mass is 160 g/mol. The molecule has 2 heteroatoms. The molecule has 60 valence electrons. The van der Waals surface area contributed by atoms with Crippen molar-refractivity contribution >= 4 is 16.9 Å². The van der Waals surface area contributed by atoms with Crippen LogP contribution in [0.25, 0.3) is 0 Å². The van der Waals surface area contributed by atoms with Gasteiger partial charge in [0.1, 0.15) is 0 Å². The van der Waals surface area contributed by atoms with E-state index in [4.69, 9.17) is 0 Å². The molecule has 0 aliphatic rings. The van der Waals surface area contributed by atoms with Crippen LogP contribution >= 0.6 is 11.8 Å². The van der Waals surface area contributed by atoms with Gasteiger partial charge in [0.15, 0.2) is 5.12 Å². The van der Waals surface area contributed by atoms with E-state index in [2.05, 4.69) is 20.8 Å². The van der Waals surface area contributed by atoms with Gasteiger partial charge in [-0.1, -0.05) is 32.5 Å². The van der Waals surface area contributed by atoms with Gasteiger partial charge in [-0.25, -0.2) is 0 Å². The van der Waals surface area contributed by atoms with E-state index in [9.17, 15) is 4.79 Å². The quantitative estimate of drug-likeness (QED) is 0.618. The highest BCUT2D eigenvalue weighted by Crippen LogP contribution is 2.21. The van der Waals surface area contributed by atoms with Gasteiger partial charge in [-0.3, -0.25) is 4.79 Å². The maximum atomic E-state index is 10.5. The maximum Gasteiger partial charge on any atom is 0.185 e. The van der Waals surface area contributed by atoms with E-state index >= 15 is 0 Å². The van der Waals surface area contributed by atoms with Gasteiger partial charge in [0.05, 0.1) is 0 Å². The lowest BCUT2D eigenvalue weighted by Gasteiger charge is -2.16. The molecule has 0 bridgehead atoms. The van der Waals surface area contributed by atoms with Crippen molar-refractivity contribution in [3.63, 3.8) is 0 Å². The van der Waals surface area contributed by atoms with E-state index in [-0.39, 0.29) is 5.12 Å². The molecule has 0 saturated carbocycles.